The summed E-state index contributed by atoms with van der Waals surface area (Å²) < 4.78 is 37.3. The molecule has 0 saturated carbocycles. The summed E-state index contributed by atoms with van der Waals surface area (Å²) in [7, 11) is -3.76. The third-order valence-corrected chi connectivity index (χ3v) is 7.58. The minimum Gasteiger partial charge on any atom is -0.452 e. The minimum absolute atomic E-state index is 0.00811. The van der Waals surface area contributed by atoms with Gasteiger partial charge in [0.05, 0.1) is 23.7 Å². The van der Waals surface area contributed by atoms with Crippen LogP contribution in [0.25, 0.3) is 0 Å². The van der Waals surface area contributed by atoms with Crippen LogP contribution in [0.1, 0.15) is 21.5 Å². The van der Waals surface area contributed by atoms with Gasteiger partial charge < -0.3 is 14.8 Å². The van der Waals surface area contributed by atoms with E-state index in [1.54, 1.807) is 31.2 Å². The Hall–Kier alpha value is -2.17. The van der Waals surface area contributed by atoms with Gasteiger partial charge in [0.2, 0.25) is 10.0 Å². The smallest absolute Gasteiger partial charge is 0.338 e. The zero-order valence-electron chi connectivity index (χ0n) is 18.0. The van der Waals surface area contributed by atoms with Crippen LogP contribution in [0.4, 0.5) is 0 Å². The van der Waals surface area contributed by atoms with Crippen molar-refractivity contribution in [1.82, 2.24) is 9.62 Å². The fraction of sp³-hybridized carbons (Fsp3) is 0.364. The molecule has 0 spiro atoms. The fourth-order valence-electron chi connectivity index (χ4n) is 3.24. The molecule has 1 saturated heterocycles. The Morgan fingerprint density at radius 1 is 1.12 bits per heavy atom. The van der Waals surface area contributed by atoms with Gasteiger partial charge in [-0.25, -0.2) is 13.2 Å². The first-order valence-electron chi connectivity index (χ1n) is 10.2. The molecule has 33 heavy (non-hydrogen) atoms. The van der Waals surface area contributed by atoms with E-state index in [-0.39, 0.29) is 23.5 Å². The van der Waals surface area contributed by atoms with Gasteiger partial charge in [-0.15, -0.1) is 0 Å². The summed E-state index contributed by atoms with van der Waals surface area (Å²) >= 11 is 12.0. The number of sulfonamides is 1. The molecule has 0 aliphatic carbocycles. The van der Waals surface area contributed by atoms with Crippen LogP contribution in [0.2, 0.25) is 10.0 Å². The molecule has 11 heteroatoms. The normalized spacial score (nSPS) is 14.6. The maximum atomic E-state index is 12.9. The molecule has 0 radical (unpaired) electrons. The van der Waals surface area contributed by atoms with Crippen molar-refractivity contribution < 1.29 is 27.5 Å². The third-order valence-electron chi connectivity index (χ3n) is 5.10. The number of halogens is 2. The second kappa shape index (κ2) is 11.3. The highest BCUT2D eigenvalue weighted by Gasteiger charge is 2.27. The molecule has 1 N–H and O–H groups in total. The zero-order valence-corrected chi connectivity index (χ0v) is 20.3. The molecule has 3 rings (SSSR count). The number of morpholine rings is 1. The van der Waals surface area contributed by atoms with Gasteiger partial charge in [0.15, 0.2) is 6.61 Å². The highest BCUT2D eigenvalue weighted by Crippen LogP contribution is 2.22. The average molecular weight is 515 g/mol. The van der Waals surface area contributed by atoms with Gasteiger partial charge in [0.25, 0.3) is 5.91 Å². The number of rotatable bonds is 8. The van der Waals surface area contributed by atoms with Crippen LogP contribution in [0.15, 0.2) is 41.3 Å². The van der Waals surface area contributed by atoms with E-state index in [1.165, 1.54) is 16.4 Å². The summed E-state index contributed by atoms with van der Waals surface area (Å²) in [5.41, 5.74) is 1.45. The molecular formula is C22H24Cl2N2O6S. The highest BCUT2D eigenvalue weighted by atomic mass is 35.5. The molecule has 8 nitrogen and oxygen atoms in total. The number of carbonyl (C=O) groups excluding carboxylic acids is 2. The number of hydrogen-bond donors (Lipinski definition) is 1. The fourth-order valence-corrected chi connectivity index (χ4v) is 5.18. The molecule has 0 unspecified atom stereocenters. The topological polar surface area (TPSA) is 102 Å². The molecule has 178 valence electrons. The second-order valence-corrected chi connectivity index (χ2v) is 10.2. The maximum absolute atomic E-state index is 12.9. The first kappa shape index (κ1) is 25.5. The Bertz CT molecular complexity index is 1130. The van der Waals surface area contributed by atoms with Crippen molar-refractivity contribution in [3.05, 3.63) is 63.1 Å². The monoisotopic (exact) mass is 514 g/mol. The van der Waals surface area contributed by atoms with Crippen LogP contribution in [0, 0.1) is 6.92 Å². The molecule has 2 aromatic carbocycles. The standard InChI is InChI=1S/C22H24Cl2N2O6S/c1-15-2-5-18(33(29,30)26-8-10-31-11-9-26)13-19(15)22(28)32-14-21(27)25-7-6-16-3-4-17(23)12-20(16)24/h2-5,12-13H,6-11,14H2,1H3,(H,25,27). The molecule has 0 aromatic heterocycles. The van der Waals surface area contributed by atoms with E-state index in [0.717, 1.165) is 5.56 Å². The SMILES string of the molecule is Cc1ccc(S(=O)(=O)N2CCOCC2)cc1C(=O)OCC(=O)NCCc1ccc(Cl)cc1Cl. The first-order valence-corrected chi connectivity index (χ1v) is 12.4. The van der Waals surface area contributed by atoms with Crippen LogP contribution in [0.5, 0.6) is 0 Å². The first-order chi connectivity index (χ1) is 15.7. The summed E-state index contributed by atoms with van der Waals surface area (Å²) in [5, 5.41) is 3.68. The van der Waals surface area contributed by atoms with E-state index >= 15 is 0 Å². The quantitative estimate of drug-likeness (QED) is 0.543. The predicted octanol–water partition coefficient (Wildman–Crippen LogP) is 2.84. The van der Waals surface area contributed by atoms with Crippen molar-refractivity contribution in [3.63, 3.8) is 0 Å². The largest absolute Gasteiger partial charge is 0.452 e. The van der Waals surface area contributed by atoms with E-state index in [2.05, 4.69) is 5.32 Å². The van der Waals surface area contributed by atoms with E-state index in [9.17, 15) is 18.0 Å². The molecule has 1 aliphatic rings. The molecule has 0 bridgehead atoms. The van der Waals surface area contributed by atoms with Gasteiger partial charge in [-0.3, -0.25) is 4.79 Å². The van der Waals surface area contributed by atoms with Crippen molar-refractivity contribution in [2.75, 3.05) is 39.5 Å². The number of nitrogens with zero attached hydrogens (tertiary/aromatic N) is 1. The molecule has 2 aromatic rings. The average Bonchev–Trinajstić information content (AvgIpc) is 2.79. The van der Waals surface area contributed by atoms with Gasteiger partial charge in [0, 0.05) is 29.7 Å². The van der Waals surface area contributed by atoms with Gasteiger partial charge in [0.1, 0.15) is 0 Å². The zero-order chi connectivity index (χ0) is 24.0. The van der Waals surface area contributed by atoms with Gasteiger partial charge in [-0.1, -0.05) is 35.3 Å². The van der Waals surface area contributed by atoms with Crippen LogP contribution in [-0.2, 0) is 30.7 Å². The Morgan fingerprint density at radius 2 is 1.85 bits per heavy atom. The molecule has 1 fully saturated rings. The van der Waals surface area contributed by atoms with Crippen molar-refractivity contribution >= 4 is 45.1 Å². The highest BCUT2D eigenvalue weighted by molar-refractivity contribution is 7.89. The van der Waals surface area contributed by atoms with E-state index in [0.29, 0.717) is 41.8 Å². The summed E-state index contributed by atoms with van der Waals surface area (Å²) in [6, 6.07) is 9.38. The second-order valence-electron chi connectivity index (χ2n) is 7.41. The van der Waals surface area contributed by atoms with Crippen LogP contribution in [0.3, 0.4) is 0 Å². The summed E-state index contributed by atoms with van der Waals surface area (Å²) in [6.07, 6.45) is 0.482. The summed E-state index contributed by atoms with van der Waals surface area (Å²) in [6.45, 7) is 2.60. The molecule has 1 heterocycles. The predicted molar refractivity (Wildman–Crippen MR) is 124 cm³/mol. The number of amides is 1. The van der Waals surface area contributed by atoms with Crippen molar-refractivity contribution in [2.45, 2.75) is 18.2 Å². The lowest BCUT2D eigenvalue weighted by Crippen LogP contribution is -2.40. The number of esters is 1. The number of benzene rings is 2. The lowest BCUT2D eigenvalue weighted by Gasteiger charge is -2.26. The molecular weight excluding hydrogens is 491 g/mol. The van der Waals surface area contributed by atoms with Crippen LogP contribution < -0.4 is 5.32 Å². The molecule has 1 aliphatic heterocycles. The van der Waals surface area contributed by atoms with Crippen molar-refractivity contribution in [3.8, 4) is 0 Å². The lowest BCUT2D eigenvalue weighted by molar-refractivity contribution is -0.124. The number of ether oxygens (including phenoxy) is 2. The number of aryl methyl sites for hydroxylation is 1. The van der Waals surface area contributed by atoms with Gasteiger partial charge in [-0.2, -0.15) is 4.31 Å². The number of hydrogen-bond acceptors (Lipinski definition) is 6. The summed E-state index contributed by atoms with van der Waals surface area (Å²) in [4.78, 5) is 24.6. The molecule has 1 amide bonds. The van der Waals surface area contributed by atoms with Crippen LogP contribution >= 0.6 is 23.2 Å². The van der Waals surface area contributed by atoms with Crippen molar-refractivity contribution in [2.24, 2.45) is 0 Å². The van der Waals surface area contributed by atoms with Gasteiger partial charge in [-0.05, 0) is 48.7 Å². The summed E-state index contributed by atoms with van der Waals surface area (Å²) in [5.74, 6) is -1.26. The van der Waals surface area contributed by atoms with E-state index in [4.69, 9.17) is 32.7 Å². The van der Waals surface area contributed by atoms with E-state index in [1.807, 2.05) is 0 Å². The number of nitrogens with one attached hydrogen (secondary N) is 1. The van der Waals surface area contributed by atoms with Crippen LogP contribution in [-0.4, -0.2) is 64.1 Å². The minimum atomic E-state index is -3.76. The van der Waals surface area contributed by atoms with E-state index < -0.39 is 28.5 Å². The third kappa shape index (κ3) is 6.68. The van der Waals surface area contributed by atoms with Crippen molar-refractivity contribution in [1.29, 1.82) is 0 Å². The Kier molecular flexibility index (Phi) is 8.72. The maximum Gasteiger partial charge on any atom is 0.338 e. The Labute approximate surface area is 202 Å². The number of carbonyl (C=O) groups is 2. The lowest BCUT2D eigenvalue weighted by atomic mass is 10.1. The van der Waals surface area contributed by atoms with Gasteiger partial charge >= 0.3 is 5.97 Å². The Balaban J connectivity index is 1.56. The molecule has 0 atom stereocenters. The Morgan fingerprint density at radius 3 is 2.55 bits per heavy atom.